The maximum absolute atomic E-state index is 12.2. The lowest BCUT2D eigenvalue weighted by Crippen LogP contribution is -2.30. The van der Waals surface area contributed by atoms with E-state index in [0.29, 0.717) is 17.0 Å². The number of carbonyl (C=O) groups excluding carboxylic acids is 2. The SMILES string of the molecule is CC(=O)c1ccccc1NC(=O)[C@H](C)Oc1cccc(C)c1. The summed E-state index contributed by atoms with van der Waals surface area (Å²) in [6.07, 6.45) is -0.665. The van der Waals surface area contributed by atoms with Gasteiger partial charge in [-0.05, 0) is 50.6 Å². The zero-order valence-corrected chi connectivity index (χ0v) is 12.9. The Bertz CT molecular complexity index is 694. The molecule has 0 unspecified atom stereocenters. The number of ether oxygens (including phenoxy) is 1. The summed E-state index contributed by atoms with van der Waals surface area (Å²) in [5.41, 5.74) is 2.05. The second kappa shape index (κ2) is 6.89. The van der Waals surface area contributed by atoms with E-state index >= 15 is 0 Å². The van der Waals surface area contributed by atoms with Crippen LogP contribution in [0.25, 0.3) is 0 Å². The van der Waals surface area contributed by atoms with Crippen LogP contribution in [0.2, 0.25) is 0 Å². The highest BCUT2D eigenvalue weighted by atomic mass is 16.5. The van der Waals surface area contributed by atoms with Crippen molar-refractivity contribution in [2.45, 2.75) is 26.9 Å². The first kappa shape index (κ1) is 15.8. The number of Topliss-reactive ketones (excluding diaryl/α,β-unsaturated/α-hetero) is 1. The number of benzene rings is 2. The number of rotatable bonds is 5. The summed E-state index contributed by atoms with van der Waals surface area (Å²) < 4.78 is 5.63. The van der Waals surface area contributed by atoms with E-state index in [0.717, 1.165) is 5.56 Å². The molecule has 1 N–H and O–H groups in total. The maximum atomic E-state index is 12.2. The minimum atomic E-state index is -0.665. The van der Waals surface area contributed by atoms with Gasteiger partial charge >= 0.3 is 0 Å². The lowest BCUT2D eigenvalue weighted by Gasteiger charge is -2.16. The molecule has 0 aliphatic rings. The van der Waals surface area contributed by atoms with E-state index < -0.39 is 6.10 Å². The highest BCUT2D eigenvalue weighted by Gasteiger charge is 2.17. The Morgan fingerprint density at radius 3 is 2.50 bits per heavy atom. The van der Waals surface area contributed by atoms with Gasteiger partial charge in [-0.1, -0.05) is 24.3 Å². The van der Waals surface area contributed by atoms with E-state index in [-0.39, 0.29) is 11.7 Å². The first-order valence-corrected chi connectivity index (χ1v) is 7.11. The van der Waals surface area contributed by atoms with Crippen molar-refractivity contribution in [3.05, 3.63) is 59.7 Å². The van der Waals surface area contributed by atoms with Crippen molar-refractivity contribution >= 4 is 17.4 Å². The van der Waals surface area contributed by atoms with Gasteiger partial charge in [0, 0.05) is 5.56 Å². The van der Waals surface area contributed by atoms with E-state index in [9.17, 15) is 9.59 Å². The number of hydrogen-bond acceptors (Lipinski definition) is 3. The van der Waals surface area contributed by atoms with E-state index in [4.69, 9.17) is 4.74 Å². The van der Waals surface area contributed by atoms with Crippen molar-refractivity contribution < 1.29 is 14.3 Å². The van der Waals surface area contributed by atoms with Gasteiger partial charge in [-0.15, -0.1) is 0 Å². The van der Waals surface area contributed by atoms with E-state index in [1.807, 2.05) is 25.1 Å². The number of nitrogens with one attached hydrogen (secondary N) is 1. The zero-order chi connectivity index (χ0) is 16.1. The Kier molecular flexibility index (Phi) is 4.94. The maximum Gasteiger partial charge on any atom is 0.265 e. The van der Waals surface area contributed by atoms with Crippen LogP contribution in [0.5, 0.6) is 5.75 Å². The van der Waals surface area contributed by atoms with Crippen LogP contribution in [0, 0.1) is 6.92 Å². The van der Waals surface area contributed by atoms with Gasteiger partial charge in [-0.2, -0.15) is 0 Å². The number of carbonyl (C=O) groups is 2. The molecule has 4 nitrogen and oxygen atoms in total. The molecule has 0 heterocycles. The molecule has 2 aromatic carbocycles. The van der Waals surface area contributed by atoms with Crippen molar-refractivity contribution in [3.63, 3.8) is 0 Å². The van der Waals surface area contributed by atoms with Crippen molar-refractivity contribution in [3.8, 4) is 5.75 Å². The quantitative estimate of drug-likeness (QED) is 0.858. The summed E-state index contributed by atoms with van der Waals surface area (Å²) in [5.74, 6) is 0.251. The van der Waals surface area contributed by atoms with Crippen molar-refractivity contribution in [2.24, 2.45) is 0 Å². The Hall–Kier alpha value is -2.62. The number of anilines is 1. The Balaban J connectivity index is 2.07. The zero-order valence-electron chi connectivity index (χ0n) is 12.9. The summed E-state index contributed by atoms with van der Waals surface area (Å²) >= 11 is 0. The molecule has 0 bridgehead atoms. The molecular weight excluding hydrogens is 278 g/mol. The topological polar surface area (TPSA) is 55.4 Å². The van der Waals surface area contributed by atoms with Crippen molar-refractivity contribution in [1.82, 2.24) is 0 Å². The van der Waals surface area contributed by atoms with Crippen LogP contribution in [0.15, 0.2) is 48.5 Å². The van der Waals surface area contributed by atoms with Gasteiger partial charge in [0.15, 0.2) is 11.9 Å². The first-order chi connectivity index (χ1) is 10.5. The molecule has 2 aromatic rings. The van der Waals surface area contributed by atoms with Gasteiger partial charge in [0.25, 0.3) is 5.91 Å². The fourth-order valence-electron chi connectivity index (χ4n) is 2.08. The van der Waals surface area contributed by atoms with Crippen LogP contribution in [-0.4, -0.2) is 17.8 Å². The lowest BCUT2D eigenvalue weighted by molar-refractivity contribution is -0.122. The lowest BCUT2D eigenvalue weighted by atomic mass is 10.1. The monoisotopic (exact) mass is 297 g/mol. The van der Waals surface area contributed by atoms with E-state index in [1.165, 1.54) is 6.92 Å². The van der Waals surface area contributed by atoms with Crippen molar-refractivity contribution in [1.29, 1.82) is 0 Å². The standard InChI is InChI=1S/C18H19NO3/c1-12-7-6-8-15(11-12)22-14(3)18(21)19-17-10-5-4-9-16(17)13(2)20/h4-11,14H,1-3H3,(H,19,21)/t14-/m0/s1. The van der Waals surface area contributed by atoms with Crippen LogP contribution in [-0.2, 0) is 4.79 Å². The molecule has 22 heavy (non-hydrogen) atoms. The van der Waals surface area contributed by atoms with E-state index in [1.54, 1.807) is 37.3 Å². The average molecular weight is 297 g/mol. The van der Waals surface area contributed by atoms with Gasteiger partial charge in [-0.3, -0.25) is 9.59 Å². The average Bonchev–Trinajstić information content (AvgIpc) is 2.47. The Morgan fingerprint density at radius 2 is 1.82 bits per heavy atom. The molecule has 1 atom stereocenters. The first-order valence-electron chi connectivity index (χ1n) is 7.11. The third kappa shape index (κ3) is 3.95. The molecule has 1 amide bonds. The molecule has 4 heteroatoms. The van der Waals surface area contributed by atoms with Gasteiger partial charge in [0.05, 0.1) is 5.69 Å². The number of ketones is 1. The predicted molar refractivity (Wildman–Crippen MR) is 86.3 cm³/mol. The Labute approximate surface area is 130 Å². The molecule has 0 aromatic heterocycles. The fraction of sp³-hybridized carbons (Fsp3) is 0.222. The van der Waals surface area contributed by atoms with E-state index in [2.05, 4.69) is 5.32 Å². The van der Waals surface area contributed by atoms with Crippen LogP contribution < -0.4 is 10.1 Å². The summed E-state index contributed by atoms with van der Waals surface area (Å²) in [6.45, 7) is 5.10. The van der Waals surface area contributed by atoms with Gasteiger partial charge < -0.3 is 10.1 Å². The molecule has 0 fully saturated rings. The normalized spacial score (nSPS) is 11.6. The van der Waals surface area contributed by atoms with Crippen LogP contribution in [0.1, 0.15) is 29.8 Å². The van der Waals surface area contributed by atoms with Crippen molar-refractivity contribution in [2.75, 3.05) is 5.32 Å². The van der Waals surface area contributed by atoms with Gasteiger partial charge in [0.2, 0.25) is 0 Å². The third-order valence-electron chi connectivity index (χ3n) is 3.24. The molecule has 0 aliphatic carbocycles. The number of aryl methyl sites for hydroxylation is 1. The molecule has 0 saturated heterocycles. The third-order valence-corrected chi connectivity index (χ3v) is 3.24. The molecular formula is C18H19NO3. The molecule has 114 valence electrons. The molecule has 2 rings (SSSR count). The second-order valence-electron chi connectivity index (χ2n) is 5.17. The summed E-state index contributed by atoms with van der Waals surface area (Å²) in [6, 6.07) is 14.4. The highest BCUT2D eigenvalue weighted by molar-refractivity contribution is 6.04. The predicted octanol–water partition coefficient (Wildman–Crippen LogP) is 3.60. The molecule has 0 spiro atoms. The Morgan fingerprint density at radius 1 is 1.09 bits per heavy atom. The van der Waals surface area contributed by atoms with Crippen LogP contribution in [0.3, 0.4) is 0 Å². The minimum absolute atomic E-state index is 0.0943. The summed E-state index contributed by atoms with van der Waals surface area (Å²) in [5, 5.41) is 2.74. The number of para-hydroxylation sites is 1. The molecule has 0 radical (unpaired) electrons. The summed E-state index contributed by atoms with van der Waals surface area (Å²) in [4.78, 5) is 23.8. The second-order valence-corrected chi connectivity index (χ2v) is 5.17. The number of amides is 1. The summed E-state index contributed by atoms with van der Waals surface area (Å²) in [7, 11) is 0. The van der Waals surface area contributed by atoms with Crippen LogP contribution >= 0.6 is 0 Å². The smallest absolute Gasteiger partial charge is 0.265 e. The minimum Gasteiger partial charge on any atom is -0.481 e. The fourth-order valence-corrected chi connectivity index (χ4v) is 2.08. The molecule has 0 saturated carbocycles. The van der Waals surface area contributed by atoms with Gasteiger partial charge in [0.1, 0.15) is 5.75 Å². The van der Waals surface area contributed by atoms with Gasteiger partial charge in [-0.25, -0.2) is 0 Å². The largest absolute Gasteiger partial charge is 0.481 e. The van der Waals surface area contributed by atoms with Crippen LogP contribution in [0.4, 0.5) is 5.69 Å². The highest BCUT2D eigenvalue weighted by Crippen LogP contribution is 2.18. The molecule has 0 aliphatic heterocycles. The number of hydrogen-bond donors (Lipinski definition) is 1.